The lowest BCUT2D eigenvalue weighted by atomic mass is 9.83. The number of nitrogens with zero attached hydrogens (tertiary/aromatic N) is 1. The number of hydrogen-bond donors (Lipinski definition) is 1. The minimum Gasteiger partial charge on any atom is -0.461 e. The van der Waals surface area contributed by atoms with Crippen molar-refractivity contribution in [2.24, 2.45) is 5.10 Å². The number of carbonyl (C=O) groups is 2. The molecular weight excluding hydrogens is 284 g/mol. The van der Waals surface area contributed by atoms with E-state index < -0.39 is 23.5 Å². The van der Waals surface area contributed by atoms with Gasteiger partial charge in [0, 0.05) is 0 Å². The van der Waals surface area contributed by atoms with E-state index in [0.29, 0.717) is 6.61 Å². The molecule has 3 unspecified atom stereocenters. The molecule has 0 saturated carbocycles. The number of nitrogens with one attached hydrogen (secondary N) is 1. The van der Waals surface area contributed by atoms with E-state index in [1.165, 1.54) is 0 Å². The molecule has 1 fully saturated rings. The molecule has 0 amide bonds. The molecule has 2 heterocycles. The van der Waals surface area contributed by atoms with Crippen molar-refractivity contribution in [2.45, 2.75) is 31.4 Å². The Balaban J connectivity index is 1.92. The smallest absolute Gasteiger partial charge is 0.355 e. The highest BCUT2D eigenvalue weighted by molar-refractivity contribution is 6.40. The zero-order chi connectivity index (χ0) is 15.7. The molecule has 1 saturated heterocycles. The number of benzene rings is 1. The second-order valence-corrected chi connectivity index (χ2v) is 5.60. The number of esters is 1. The summed E-state index contributed by atoms with van der Waals surface area (Å²) in [5.74, 6) is -1.06. The number of ether oxygens (including phenoxy) is 2. The summed E-state index contributed by atoms with van der Waals surface area (Å²) in [6, 6.07) is 8.76. The van der Waals surface area contributed by atoms with Gasteiger partial charge in [0.25, 0.3) is 0 Å². The number of carbonyl (C=O) groups excluding carboxylic acids is 2. The quantitative estimate of drug-likeness (QED) is 0.649. The van der Waals surface area contributed by atoms with E-state index in [-0.39, 0.29) is 18.1 Å². The first-order chi connectivity index (χ1) is 10.6. The number of rotatable bonds is 5. The highest BCUT2D eigenvalue weighted by atomic mass is 16.6. The fourth-order valence-electron chi connectivity index (χ4n) is 2.62. The number of hydrogen-bond acceptors (Lipinski definition) is 6. The average Bonchev–Trinajstić information content (AvgIpc) is 3.13. The number of hydrazone groups is 1. The van der Waals surface area contributed by atoms with Crippen LogP contribution in [-0.2, 0) is 19.1 Å². The molecule has 3 atom stereocenters. The van der Waals surface area contributed by atoms with Gasteiger partial charge in [-0.2, -0.15) is 5.10 Å². The zero-order valence-electron chi connectivity index (χ0n) is 12.5. The maximum absolute atomic E-state index is 12.6. The molecule has 0 aliphatic carbocycles. The van der Waals surface area contributed by atoms with Gasteiger partial charge in [-0.1, -0.05) is 30.3 Å². The first-order valence-electron chi connectivity index (χ1n) is 7.30. The summed E-state index contributed by atoms with van der Waals surface area (Å²) >= 11 is 0. The lowest BCUT2D eigenvalue weighted by Gasteiger charge is -2.21. The Labute approximate surface area is 128 Å². The Morgan fingerprint density at radius 1 is 1.41 bits per heavy atom. The largest absolute Gasteiger partial charge is 0.461 e. The molecule has 6 heteroatoms. The van der Waals surface area contributed by atoms with Crippen molar-refractivity contribution in [1.82, 2.24) is 5.43 Å². The van der Waals surface area contributed by atoms with Crippen LogP contribution in [0.3, 0.4) is 0 Å². The van der Waals surface area contributed by atoms with Crippen molar-refractivity contribution in [3.63, 3.8) is 0 Å². The molecule has 1 aromatic carbocycles. The molecule has 0 spiro atoms. The van der Waals surface area contributed by atoms with Crippen LogP contribution in [0.2, 0.25) is 0 Å². The molecule has 1 N–H and O–H groups in total. The minimum atomic E-state index is -0.773. The summed E-state index contributed by atoms with van der Waals surface area (Å²) in [7, 11) is 0. The van der Waals surface area contributed by atoms with Gasteiger partial charge in [0.1, 0.15) is 11.6 Å². The molecule has 6 nitrogen and oxygen atoms in total. The van der Waals surface area contributed by atoms with Gasteiger partial charge < -0.3 is 9.47 Å². The van der Waals surface area contributed by atoms with Crippen molar-refractivity contribution in [2.75, 3.05) is 13.2 Å². The molecule has 2 aliphatic rings. The summed E-state index contributed by atoms with van der Waals surface area (Å²) in [6.45, 7) is 4.15. The Hall–Kier alpha value is -2.21. The molecule has 0 aromatic heterocycles. The van der Waals surface area contributed by atoms with E-state index in [9.17, 15) is 9.59 Å². The Kier molecular flexibility index (Phi) is 3.70. The van der Waals surface area contributed by atoms with Gasteiger partial charge in [-0.3, -0.25) is 10.2 Å². The van der Waals surface area contributed by atoms with Crippen molar-refractivity contribution in [3.05, 3.63) is 35.9 Å². The second kappa shape index (κ2) is 5.53. The normalized spacial score (nSPS) is 29.5. The standard InChI is InChI=1S/C16H18N2O4/c1-3-21-15(20)13-11(10-7-5-4-6-8-10)12(17-18-13)14(19)16(2)9-22-16/h4-8,11-12,17H,3,9H2,1-2H3. The van der Waals surface area contributed by atoms with Gasteiger partial charge in [-0.15, -0.1) is 0 Å². The van der Waals surface area contributed by atoms with Gasteiger partial charge in [-0.05, 0) is 19.4 Å². The second-order valence-electron chi connectivity index (χ2n) is 5.60. The molecule has 2 aliphatic heterocycles. The monoisotopic (exact) mass is 302 g/mol. The number of ketones is 1. The van der Waals surface area contributed by atoms with E-state index in [0.717, 1.165) is 5.56 Å². The van der Waals surface area contributed by atoms with E-state index in [1.54, 1.807) is 13.8 Å². The molecule has 116 valence electrons. The third-order valence-corrected chi connectivity index (χ3v) is 3.98. The number of epoxide rings is 1. The van der Waals surface area contributed by atoms with Crippen LogP contribution in [0.4, 0.5) is 0 Å². The summed E-state index contributed by atoms with van der Waals surface area (Å²) < 4.78 is 10.3. The van der Waals surface area contributed by atoms with Crippen LogP contribution in [0.15, 0.2) is 35.4 Å². The molecule has 1 aromatic rings. The van der Waals surface area contributed by atoms with Crippen LogP contribution < -0.4 is 5.43 Å². The molecule has 0 radical (unpaired) electrons. The van der Waals surface area contributed by atoms with Gasteiger partial charge in [0.15, 0.2) is 11.5 Å². The third kappa shape index (κ3) is 2.50. The minimum absolute atomic E-state index is 0.0931. The Bertz CT molecular complexity index is 622. The van der Waals surface area contributed by atoms with Gasteiger partial charge in [-0.25, -0.2) is 4.79 Å². The first-order valence-corrected chi connectivity index (χ1v) is 7.30. The van der Waals surface area contributed by atoms with Gasteiger partial charge >= 0.3 is 5.97 Å². The highest BCUT2D eigenvalue weighted by Crippen LogP contribution is 2.35. The third-order valence-electron chi connectivity index (χ3n) is 3.98. The zero-order valence-corrected chi connectivity index (χ0v) is 12.5. The summed E-state index contributed by atoms with van der Waals surface area (Å²) in [4.78, 5) is 24.8. The van der Waals surface area contributed by atoms with Crippen molar-refractivity contribution in [1.29, 1.82) is 0 Å². The van der Waals surface area contributed by atoms with Gasteiger partial charge in [0.05, 0.1) is 19.1 Å². The average molecular weight is 302 g/mol. The van der Waals surface area contributed by atoms with Crippen LogP contribution in [0, 0.1) is 0 Å². The fourth-order valence-corrected chi connectivity index (χ4v) is 2.62. The van der Waals surface area contributed by atoms with E-state index in [2.05, 4.69) is 10.5 Å². The van der Waals surface area contributed by atoms with Crippen LogP contribution >= 0.6 is 0 Å². The number of Topliss-reactive ketones (excluding diaryl/α,β-unsaturated/α-hetero) is 1. The van der Waals surface area contributed by atoms with Crippen LogP contribution in [-0.4, -0.2) is 42.3 Å². The van der Waals surface area contributed by atoms with Crippen LogP contribution in [0.1, 0.15) is 25.3 Å². The highest BCUT2D eigenvalue weighted by Gasteiger charge is 2.54. The molecule has 0 bridgehead atoms. The predicted molar refractivity (Wildman–Crippen MR) is 79.5 cm³/mol. The van der Waals surface area contributed by atoms with Gasteiger partial charge in [0.2, 0.25) is 0 Å². The molecular formula is C16H18N2O4. The van der Waals surface area contributed by atoms with E-state index >= 15 is 0 Å². The Morgan fingerprint density at radius 2 is 2.09 bits per heavy atom. The lowest BCUT2D eigenvalue weighted by molar-refractivity contribution is -0.135. The van der Waals surface area contributed by atoms with Crippen LogP contribution in [0.25, 0.3) is 0 Å². The van der Waals surface area contributed by atoms with Crippen molar-refractivity contribution < 1.29 is 19.1 Å². The van der Waals surface area contributed by atoms with Crippen LogP contribution in [0.5, 0.6) is 0 Å². The molecule has 22 heavy (non-hydrogen) atoms. The summed E-state index contributed by atoms with van der Waals surface area (Å²) in [6.07, 6.45) is 0. The summed E-state index contributed by atoms with van der Waals surface area (Å²) in [5, 5.41) is 4.07. The predicted octanol–water partition coefficient (Wildman–Crippen LogP) is 1.02. The summed E-state index contributed by atoms with van der Waals surface area (Å²) in [5.41, 5.74) is 3.11. The SMILES string of the molecule is CCOC(=O)C1=NNC(C(=O)C2(C)CO2)C1c1ccccc1. The topological polar surface area (TPSA) is 80.3 Å². The van der Waals surface area contributed by atoms with Crippen molar-refractivity contribution in [3.8, 4) is 0 Å². The maximum atomic E-state index is 12.6. The fraction of sp³-hybridized carbons (Fsp3) is 0.438. The van der Waals surface area contributed by atoms with E-state index in [4.69, 9.17) is 9.47 Å². The first kappa shape index (κ1) is 14.7. The Morgan fingerprint density at radius 3 is 2.68 bits per heavy atom. The lowest BCUT2D eigenvalue weighted by Crippen LogP contribution is -2.44. The van der Waals surface area contributed by atoms with Crippen molar-refractivity contribution >= 4 is 17.5 Å². The van der Waals surface area contributed by atoms with E-state index in [1.807, 2.05) is 30.3 Å². The maximum Gasteiger partial charge on any atom is 0.355 e. The molecule has 3 rings (SSSR count).